The smallest absolute Gasteiger partial charge is 0.113 e. The first kappa shape index (κ1) is 10.0. The fourth-order valence-corrected chi connectivity index (χ4v) is 2.02. The van der Waals surface area contributed by atoms with Gasteiger partial charge < -0.3 is 10.8 Å². The monoisotopic (exact) mass is 171 g/mol. The Morgan fingerprint density at radius 1 is 1.42 bits per heavy atom. The van der Waals surface area contributed by atoms with Crippen LogP contribution in [0.1, 0.15) is 46.5 Å². The van der Waals surface area contributed by atoms with Crippen LogP contribution in [-0.4, -0.2) is 10.8 Å². The van der Waals surface area contributed by atoms with Gasteiger partial charge in [-0.1, -0.05) is 20.8 Å². The molecule has 0 heterocycles. The van der Waals surface area contributed by atoms with E-state index in [0.29, 0.717) is 5.92 Å². The minimum atomic E-state index is -0.893. The first-order chi connectivity index (χ1) is 5.31. The normalized spacial score (nSPS) is 38.2. The van der Waals surface area contributed by atoms with Crippen molar-refractivity contribution in [1.82, 2.24) is 0 Å². The summed E-state index contributed by atoms with van der Waals surface area (Å²) in [4.78, 5) is 0. The van der Waals surface area contributed by atoms with E-state index < -0.39 is 5.72 Å². The highest BCUT2D eigenvalue weighted by Gasteiger charge is 2.36. The van der Waals surface area contributed by atoms with Crippen LogP contribution in [0.15, 0.2) is 0 Å². The zero-order valence-corrected chi connectivity index (χ0v) is 8.43. The van der Waals surface area contributed by atoms with E-state index >= 15 is 0 Å². The summed E-state index contributed by atoms with van der Waals surface area (Å²) >= 11 is 0. The highest BCUT2D eigenvalue weighted by atomic mass is 16.3. The predicted molar refractivity (Wildman–Crippen MR) is 50.6 cm³/mol. The maximum Gasteiger partial charge on any atom is 0.113 e. The number of rotatable bonds is 0. The Hall–Kier alpha value is -0.0800. The molecule has 0 aromatic rings. The van der Waals surface area contributed by atoms with Crippen molar-refractivity contribution in [3.05, 3.63) is 0 Å². The fraction of sp³-hybridized carbons (Fsp3) is 1.00. The van der Waals surface area contributed by atoms with Crippen molar-refractivity contribution in [3.63, 3.8) is 0 Å². The van der Waals surface area contributed by atoms with Crippen LogP contribution in [0, 0.1) is 11.3 Å². The van der Waals surface area contributed by atoms with Crippen molar-refractivity contribution in [1.29, 1.82) is 0 Å². The second-order valence-electron chi connectivity index (χ2n) is 5.26. The van der Waals surface area contributed by atoms with Crippen molar-refractivity contribution in [2.45, 2.75) is 52.2 Å². The first-order valence-electron chi connectivity index (χ1n) is 4.82. The molecule has 0 aliphatic heterocycles. The van der Waals surface area contributed by atoms with Gasteiger partial charge in [-0.05, 0) is 37.0 Å². The quantitative estimate of drug-likeness (QED) is 0.546. The number of aliphatic hydroxyl groups is 1. The molecular weight excluding hydrogens is 150 g/mol. The average Bonchev–Trinajstić information content (AvgIpc) is 1.83. The molecule has 0 aromatic heterocycles. The molecule has 1 rings (SSSR count). The van der Waals surface area contributed by atoms with Gasteiger partial charge in [-0.3, -0.25) is 0 Å². The van der Waals surface area contributed by atoms with E-state index in [1.165, 1.54) is 6.42 Å². The van der Waals surface area contributed by atoms with Crippen LogP contribution in [0.5, 0.6) is 0 Å². The molecule has 2 unspecified atom stereocenters. The minimum Gasteiger partial charge on any atom is -0.376 e. The van der Waals surface area contributed by atoms with Crippen LogP contribution >= 0.6 is 0 Å². The Bertz CT molecular complexity index is 154. The third kappa shape index (κ3) is 2.46. The molecule has 12 heavy (non-hydrogen) atoms. The van der Waals surface area contributed by atoms with E-state index in [1.54, 1.807) is 0 Å². The summed E-state index contributed by atoms with van der Waals surface area (Å²) in [6, 6.07) is 0. The molecule has 2 atom stereocenters. The van der Waals surface area contributed by atoms with Gasteiger partial charge in [0.05, 0.1) is 0 Å². The fourth-order valence-electron chi connectivity index (χ4n) is 2.02. The van der Waals surface area contributed by atoms with Crippen LogP contribution in [0.4, 0.5) is 0 Å². The van der Waals surface area contributed by atoms with Gasteiger partial charge in [-0.25, -0.2) is 0 Å². The van der Waals surface area contributed by atoms with E-state index in [0.717, 1.165) is 19.3 Å². The maximum absolute atomic E-state index is 9.69. The van der Waals surface area contributed by atoms with Gasteiger partial charge in [-0.2, -0.15) is 0 Å². The molecule has 72 valence electrons. The molecule has 2 heteroatoms. The summed E-state index contributed by atoms with van der Waals surface area (Å²) in [6.07, 6.45) is 3.80. The summed E-state index contributed by atoms with van der Waals surface area (Å²) in [6.45, 7) is 6.66. The lowest BCUT2D eigenvalue weighted by atomic mass is 9.70. The largest absolute Gasteiger partial charge is 0.376 e. The molecule has 0 saturated heterocycles. The van der Waals surface area contributed by atoms with E-state index in [4.69, 9.17) is 5.73 Å². The number of nitrogens with two attached hydrogens (primary N) is 1. The van der Waals surface area contributed by atoms with Gasteiger partial charge in [0.2, 0.25) is 0 Å². The Morgan fingerprint density at radius 3 is 2.33 bits per heavy atom. The van der Waals surface area contributed by atoms with Crippen molar-refractivity contribution in [2.75, 3.05) is 0 Å². The Balaban J connectivity index is 2.58. The van der Waals surface area contributed by atoms with Crippen molar-refractivity contribution < 1.29 is 5.11 Å². The third-order valence-electron chi connectivity index (χ3n) is 2.99. The molecule has 0 amide bonds. The minimum absolute atomic E-state index is 0.285. The van der Waals surface area contributed by atoms with Gasteiger partial charge in [0.25, 0.3) is 0 Å². The van der Waals surface area contributed by atoms with Crippen LogP contribution in [0.3, 0.4) is 0 Å². The van der Waals surface area contributed by atoms with Crippen LogP contribution in [0.25, 0.3) is 0 Å². The lowest BCUT2D eigenvalue weighted by molar-refractivity contribution is -0.0329. The molecule has 0 aromatic carbocycles. The van der Waals surface area contributed by atoms with Gasteiger partial charge in [0.1, 0.15) is 5.72 Å². The zero-order chi connectivity index (χ0) is 9.41. The highest BCUT2D eigenvalue weighted by Crippen LogP contribution is 2.39. The second-order valence-corrected chi connectivity index (χ2v) is 5.26. The average molecular weight is 171 g/mol. The van der Waals surface area contributed by atoms with E-state index in [1.807, 2.05) is 0 Å². The summed E-state index contributed by atoms with van der Waals surface area (Å²) in [7, 11) is 0. The van der Waals surface area contributed by atoms with Gasteiger partial charge >= 0.3 is 0 Å². The molecule has 3 N–H and O–H groups in total. The Kier molecular flexibility index (Phi) is 2.50. The van der Waals surface area contributed by atoms with Gasteiger partial charge in [0, 0.05) is 0 Å². The molecule has 0 spiro atoms. The highest BCUT2D eigenvalue weighted by molar-refractivity contribution is 4.86. The molecule has 1 aliphatic rings. The van der Waals surface area contributed by atoms with Crippen molar-refractivity contribution in [2.24, 2.45) is 17.1 Å². The summed E-state index contributed by atoms with van der Waals surface area (Å²) in [5.41, 5.74) is 5.11. The van der Waals surface area contributed by atoms with Crippen LogP contribution in [0.2, 0.25) is 0 Å². The summed E-state index contributed by atoms with van der Waals surface area (Å²) in [5.74, 6) is 0.571. The molecule has 2 nitrogen and oxygen atoms in total. The lowest BCUT2D eigenvalue weighted by Crippen LogP contribution is -2.46. The van der Waals surface area contributed by atoms with Crippen LogP contribution < -0.4 is 5.73 Å². The molecular formula is C10H21NO. The number of hydrogen-bond acceptors (Lipinski definition) is 2. The van der Waals surface area contributed by atoms with Crippen molar-refractivity contribution in [3.8, 4) is 0 Å². The molecule has 1 saturated carbocycles. The topological polar surface area (TPSA) is 46.2 Å². The molecule has 1 aliphatic carbocycles. The zero-order valence-electron chi connectivity index (χ0n) is 8.43. The van der Waals surface area contributed by atoms with Crippen LogP contribution in [-0.2, 0) is 0 Å². The van der Waals surface area contributed by atoms with E-state index in [-0.39, 0.29) is 5.41 Å². The molecule has 0 radical (unpaired) electrons. The van der Waals surface area contributed by atoms with Gasteiger partial charge in [0.15, 0.2) is 0 Å². The summed E-state index contributed by atoms with van der Waals surface area (Å²) in [5, 5.41) is 9.69. The Labute approximate surface area is 75.2 Å². The predicted octanol–water partition coefficient (Wildman–Crippen LogP) is 1.87. The Morgan fingerprint density at radius 2 is 2.00 bits per heavy atom. The molecule has 0 bridgehead atoms. The lowest BCUT2D eigenvalue weighted by Gasteiger charge is -2.40. The summed E-state index contributed by atoms with van der Waals surface area (Å²) < 4.78 is 0. The standard InChI is InChI=1S/C10H21NO/c1-9(2,3)8-5-4-6-10(11,12)7-8/h8,12H,4-7,11H2,1-3H3. The van der Waals surface area contributed by atoms with E-state index in [9.17, 15) is 5.11 Å². The molecule has 1 fully saturated rings. The first-order valence-corrected chi connectivity index (χ1v) is 4.82. The second kappa shape index (κ2) is 3.00. The third-order valence-corrected chi connectivity index (χ3v) is 2.99. The maximum atomic E-state index is 9.69. The van der Waals surface area contributed by atoms with Crippen molar-refractivity contribution >= 4 is 0 Å². The van der Waals surface area contributed by atoms with E-state index in [2.05, 4.69) is 20.8 Å². The number of hydrogen-bond donors (Lipinski definition) is 2. The van der Waals surface area contributed by atoms with Gasteiger partial charge in [-0.15, -0.1) is 0 Å². The SMILES string of the molecule is CC(C)(C)C1CCCC(N)(O)C1.